The van der Waals surface area contributed by atoms with E-state index >= 15 is 0 Å². The van der Waals surface area contributed by atoms with Crippen LogP contribution in [-0.2, 0) is 0 Å². The molecule has 0 aliphatic rings. The molecule has 6 heteroatoms. The molecule has 0 saturated heterocycles. The lowest BCUT2D eigenvalue weighted by atomic mass is 10.0. The number of hydrogen-bond donors (Lipinski definition) is 1. The fourth-order valence-electron chi connectivity index (χ4n) is 3.24. The smallest absolute Gasteiger partial charge is 0.260 e. The van der Waals surface area contributed by atoms with Crippen molar-refractivity contribution in [2.45, 2.75) is 0 Å². The van der Waals surface area contributed by atoms with Crippen molar-refractivity contribution < 1.29 is 23.4 Å². The molecule has 4 aromatic rings. The summed E-state index contributed by atoms with van der Waals surface area (Å²) >= 11 is 0. The van der Waals surface area contributed by atoms with E-state index in [2.05, 4.69) is 5.32 Å². The average Bonchev–Trinajstić information content (AvgIpc) is 3.18. The minimum absolute atomic E-state index is 0.280. The zero-order chi connectivity index (χ0) is 21.1. The van der Waals surface area contributed by atoms with Crippen LogP contribution in [-0.4, -0.2) is 27.2 Å². The number of benzene rings is 3. The van der Waals surface area contributed by atoms with Crippen LogP contribution in [0.2, 0.25) is 0 Å². The number of amides is 1. The number of anilines is 1. The highest BCUT2D eigenvalue weighted by Gasteiger charge is 2.23. The molecular weight excluding hydrogens is 382 g/mol. The van der Waals surface area contributed by atoms with E-state index < -0.39 is 0 Å². The molecule has 0 fully saturated rings. The van der Waals surface area contributed by atoms with Crippen molar-refractivity contribution in [3.8, 4) is 28.6 Å². The number of nitrogens with one attached hydrogen (secondary N) is 1. The lowest BCUT2D eigenvalue weighted by Crippen LogP contribution is -2.12. The number of hydrogen-bond acceptors (Lipinski definition) is 5. The second kappa shape index (κ2) is 8.21. The molecule has 0 spiro atoms. The highest BCUT2D eigenvalue weighted by Crippen LogP contribution is 2.36. The van der Waals surface area contributed by atoms with E-state index in [0.29, 0.717) is 39.5 Å². The summed E-state index contributed by atoms with van der Waals surface area (Å²) in [6.07, 6.45) is 0. The highest BCUT2D eigenvalue weighted by molar-refractivity contribution is 6.16. The molecule has 0 aliphatic heterocycles. The Bertz CT molecular complexity index is 1180. The van der Waals surface area contributed by atoms with Crippen LogP contribution in [0.1, 0.15) is 10.4 Å². The molecule has 4 rings (SSSR count). The van der Waals surface area contributed by atoms with Gasteiger partial charge in [0.05, 0.1) is 26.9 Å². The van der Waals surface area contributed by atoms with Crippen LogP contribution in [0.4, 0.5) is 5.69 Å². The lowest BCUT2D eigenvalue weighted by molar-refractivity contribution is 0.102. The molecule has 1 amide bonds. The predicted molar refractivity (Wildman–Crippen MR) is 116 cm³/mol. The number of methoxy groups -OCH3 is 3. The maximum atomic E-state index is 13.3. The molecule has 1 heterocycles. The third-order valence-corrected chi connectivity index (χ3v) is 4.82. The Hall–Kier alpha value is -3.93. The molecule has 1 aromatic heterocycles. The standard InChI is InChI=1S/C24H21NO5/c1-27-17-8-4-15(5-9-17)23-22(20-14-19(29-3)12-13-21(20)30-23)24(26)25-16-6-10-18(28-2)11-7-16/h4-14H,1-3H3,(H,25,26). The SMILES string of the molecule is COc1ccc(NC(=O)c2c(-c3ccc(OC)cc3)oc3ccc(OC)cc23)cc1. The van der Waals surface area contributed by atoms with Crippen LogP contribution < -0.4 is 19.5 Å². The average molecular weight is 403 g/mol. The van der Waals surface area contributed by atoms with Crippen LogP contribution >= 0.6 is 0 Å². The second-order valence-electron chi connectivity index (χ2n) is 6.58. The van der Waals surface area contributed by atoms with Crippen LogP contribution in [0.3, 0.4) is 0 Å². The summed E-state index contributed by atoms with van der Waals surface area (Å²) in [5.41, 5.74) is 2.45. The monoisotopic (exact) mass is 403 g/mol. The Morgan fingerprint density at radius 2 is 1.33 bits per heavy atom. The topological polar surface area (TPSA) is 69.9 Å². The van der Waals surface area contributed by atoms with Gasteiger partial charge in [0.2, 0.25) is 0 Å². The van der Waals surface area contributed by atoms with Crippen LogP contribution in [0, 0.1) is 0 Å². The first kappa shape index (κ1) is 19.4. The van der Waals surface area contributed by atoms with E-state index in [1.54, 1.807) is 63.8 Å². The first-order valence-electron chi connectivity index (χ1n) is 9.33. The minimum Gasteiger partial charge on any atom is -0.497 e. The largest absolute Gasteiger partial charge is 0.497 e. The number of furan rings is 1. The van der Waals surface area contributed by atoms with Crippen molar-refractivity contribution in [2.24, 2.45) is 0 Å². The number of rotatable bonds is 6. The Morgan fingerprint density at radius 3 is 1.93 bits per heavy atom. The maximum absolute atomic E-state index is 13.3. The van der Waals surface area contributed by atoms with Gasteiger partial charge < -0.3 is 23.9 Å². The predicted octanol–water partition coefficient (Wildman–Crippen LogP) is 5.38. The Morgan fingerprint density at radius 1 is 0.767 bits per heavy atom. The second-order valence-corrected chi connectivity index (χ2v) is 6.58. The minimum atomic E-state index is -0.280. The zero-order valence-corrected chi connectivity index (χ0v) is 16.9. The van der Waals surface area contributed by atoms with Crippen molar-refractivity contribution in [1.29, 1.82) is 0 Å². The Labute approximate surface area is 174 Å². The lowest BCUT2D eigenvalue weighted by Gasteiger charge is -2.08. The first-order valence-corrected chi connectivity index (χ1v) is 9.33. The van der Waals surface area contributed by atoms with Crippen molar-refractivity contribution in [3.05, 3.63) is 72.3 Å². The van der Waals surface area contributed by atoms with Crippen LogP contribution in [0.5, 0.6) is 17.2 Å². The van der Waals surface area contributed by atoms with Crippen molar-refractivity contribution >= 4 is 22.6 Å². The zero-order valence-electron chi connectivity index (χ0n) is 16.9. The summed E-state index contributed by atoms with van der Waals surface area (Å²) in [6.45, 7) is 0. The molecule has 1 N–H and O–H groups in total. The fraction of sp³-hybridized carbons (Fsp3) is 0.125. The maximum Gasteiger partial charge on any atom is 0.260 e. The van der Waals surface area contributed by atoms with E-state index in [1.807, 2.05) is 24.3 Å². The van der Waals surface area contributed by atoms with Gasteiger partial charge in [0.15, 0.2) is 0 Å². The summed E-state index contributed by atoms with van der Waals surface area (Å²) in [5.74, 6) is 2.28. The van der Waals surface area contributed by atoms with E-state index in [1.165, 1.54) is 0 Å². The molecule has 152 valence electrons. The van der Waals surface area contributed by atoms with Gasteiger partial charge in [-0.2, -0.15) is 0 Å². The van der Waals surface area contributed by atoms with Crippen molar-refractivity contribution in [3.63, 3.8) is 0 Å². The third-order valence-electron chi connectivity index (χ3n) is 4.82. The van der Waals surface area contributed by atoms with Gasteiger partial charge in [0.1, 0.15) is 28.6 Å². The normalized spacial score (nSPS) is 10.6. The van der Waals surface area contributed by atoms with Gasteiger partial charge >= 0.3 is 0 Å². The van der Waals surface area contributed by atoms with Crippen LogP contribution in [0.15, 0.2) is 71.1 Å². The summed E-state index contributed by atoms with van der Waals surface area (Å²) < 4.78 is 21.8. The number of carbonyl (C=O) groups excluding carboxylic acids is 1. The quantitative estimate of drug-likeness (QED) is 0.468. The van der Waals surface area contributed by atoms with Crippen molar-refractivity contribution in [2.75, 3.05) is 26.6 Å². The molecule has 6 nitrogen and oxygen atoms in total. The van der Waals surface area contributed by atoms with Gasteiger partial charge in [-0.05, 0) is 66.7 Å². The summed E-state index contributed by atoms with van der Waals surface area (Å²) in [6, 6.07) is 19.9. The van der Waals surface area contributed by atoms with Gasteiger partial charge in [-0.1, -0.05) is 0 Å². The summed E-state index contributed by atoms with van der Waals surface area (Å²) in [4.78, 5) is 13.3. The van der Waals surface area contributed by atoms with Gasteiger partial charge in [0, 0.05) is 16.6 Å². The molecule has 0 radical (unpaired) electrons. The first-order chi connectivity index (χ1) is 14.6. The summed E-state index contributed by atoms with van der Waals surface area (Å²) in [5, 5.41) is 3.61. The molecule has 0 bridgehead atoms. The molecule has 3 aromatic carbocycles. The summed E-state index contributed by atoms with van der Waals surface area (Å²) in [7, 11) is 4.79. The molecule has 0 aliphatic carbocycles. The highest BCUT2D eigenvalue weighted by atomic mass is 16.5. The molecule has 30 heavy (non-hydrogen) atoms. The molecule has 0 unspecified atom stereocenters. The Kier molecular flexibility index (Phi) is 5.30. The third kappa shape index (κ3) is 3.67. The Balaban J connectivity index is 1.80. The van der Waals surface area contributed by atoms with E-state index in [9.17, 15) is 4.79 Å². The van der Waals surface area contributed by atoms with Gasteiger partial charge in [-0.25, -0.2) is 0 Å². The molecule has 0 saturated carbocycles. The van der Waals surface area contributed by atoms with E-state index in [0.717, 1.165) is 11.3 Å². The van der Waals surface area contributed by atoms with Gasteiger partial charge in [-0.3, -0.25) is 4.79 Å². The van der Waals surface area contributed by atoms with E-state index in [-0.39, 0.29) is 5.91 Å². The van der Waals surface area contributed by atoms with Gasteiger partial charge in [0.25, 0.3) is 5.91 Å². The molecule has 0 atom stereocenters. The van der Waals surface area contributed by atoms with Crippen LogP contribution in [0.25, 0.3) is 22.3 Å². The number of ether oxygens (including phenoxy) is 3. The van der Waals surface area contributed by atoms with E-state index in [4.69, 9.17) is 18.6 Å². The fourth-order valence-corrected chi connectivity index (χ4v) is 3.24. The van der Waals surface area contributed by atoms with Gasteiger partial charge in [-0.15, -0.1) is 0 Å². The molecular formula is C24H21NO5. The number of fused-ring (bicyclic) bond motifs is 1. The number of carbonyl (C=O) groups is 1. The van der Waals surface area contributed by atoms with Crippen molar-refractivity contribution in [1.82, 2.24) is 0 Å².